The van der Waals surface area contributed by atoms with Crippen LogP contribution in [0.4, 0.5) is 15.8 Å². The molecule has 0 aliphatic carbocycles. The summed E-state index contributed by atoms with van der Waals surface area (Å²) in [6.45, 7) is 0. The molecule has 0 bridgehead atoms. The van der Waals surface area contributed by atoms with Gasteiger partial charge in [0.25, 0.3) is 0 Å². The van der Waals surface area contributed by atoms with Crippen LogP contribution in [0, 0.1) is 27.4 Å². The molecule has 0 saturated carbocycles. The van der Waals surface area contributed by atoms with Crippen molar-refractivity contribution in [1.29, 1.82) is 5.26 Å². The lowest BCUT2D eigenvalue weighted by Crippen LogP contribution is -2.12. The van der Waals surface area contributed by atoms with Crippen LogP contribution in [-0.4, -0.2) is 16.3 Å². The first-order valence-corrected chi connectivity index (χ1v) is 5.53. The molecule has 1 aromatic rings. The molecule has 1 N–H and O–H groups in total. The first kappa shape index (κ1) is 12.9. The Hall–Kier alpha value is -2.14. The number of para-hydroxylation sites is 1. The maximum Gasteiger partial charge on any atom is 0.330 e. The fourth-order valence-electron chi connectivity index (χ4n) is 1.06. The molecule has 0 radical (unpaired) electrons. The summed E-state index contributed by atoms with van der Waals surface area (Å²) in [4.78, 5) is 13.6. The van der Waals surface area contributed by atoms with E-state index >= 15 is 0 Å². The standard InChI is InChI=1S/C9H7FN4O2S/c1-17-9(12-5-11)13-7-4-2-3-6(10)8(7)14(15)16/h2-4H,1H3,(H,12,13). The molecule has 8 heteroatoms. The Morgan fingerprint density at radius 1 is 1.71 bits per heavy atom. The predicted octanol–water partition coefficient (Wildman–Crippen LogP) is 2.16. The van der Waals surface area contributed by atoms with Gasteiger partial charge in [0.1, 0.15) is 5.69 Å². The van der Waals surface area contributed by atoms with Crippen LogP contribution in [0.15, 0.2) is 23.2 Å². The fraction of sp³-hybridized carbons (Fsp3) is 0.111. The normalized spacial score (nSPS) is 10.8. The van der Waals surface area contributed by atoms with Gasteiger partial charge < -0.3 is 0 Å². The number of hydrogen-bond acceptors (Lipinski definition) is 5. The fourth-order valence-corrected chi connectivity index (χ4v) is 1.39. The summed E-state index contributed by atoms with van der Waals surface area (Å²) in [5, 5.41) is 21.5. The van der Waals surface area contributed by atoms with E-state index in [0.29, 0.717) is 0 Å². The van der Waals surface area contributed by atoms with Gasteiger partial charge in [-0.15, -0.1) is 0 Å². The third-order valence-electron chi connectivity index (χ3n) is 1.73. The highest BCUT2D eigenvalue weighted by Crippen LogP contribution is 2.30. The molecular formula is C9H7FN4O2S. The summed E-state index contributed by atoms with van der Waals surface area (Å²) in [5.74, 6) is -0.964. The van der Waals surface area contributed by atoms with E-state index in [0.717, 1.165) is 17.8 Å². The van der Waals surface area contributed by atoms with Gasteiger partial charge in [-0.1, -0.05) is 17.8 Å². The van der Waals surface area contributed by atoms with Crippen molar-refractivity contribution in [2.45, 2.75) is 0 Å². The second-order valence-electron chi connectivity index (χ2n) is 2.72. The lowest BCUT2D eigenvalue weighted by molar-refractivity contribution is -0.386. The van der Waals surface area contributed by atoms with Crippen LogP contribution in [-0.2, 0) is 0 Å². The second-order valence-corrected chi connectivity index (χ2v) is 3.52. The van der Waals surface area contributed by atoms with Gasteiger partial charge >= 0.3 is 5.69 Å². The predicted molar refractivity (Wildman–Crippen MR) is 62.4 cm³/mol. The average Bonchev–Trinajstić information content (AvgIpc) is 2.28. The Kier molecular flexibility index (Phi) is 4.42. The molecule has 6 nitrogen and oxygen atoms in total. The monoisotopic (exact) mass is 254 g/mol. The van der Waals surface area contributed by atoms with Crippen LogP contribution in [0.3, 0.4) is 0 Å². The number of nitrogens with zero attached hydrogens (tertiary/aromatic N) is 3. The van der Waals surface area contributed by atoms with Crippen LogP contribution in [0.5, 0.6) is 0 Å². The third kappa shape index (κ3) is 3.15. The smallest absolute Gasteiger partial charge is 0.271 e. The quantitative estimate of drug-likeness (QED) is 0.218. The molecule has 0 aliphatic heterocycles. The highest BCUT2D eigenvalue weighted by atomic mass is 32.2. The maximum absolute atomic E-state index is 13.2. The van der Waals surface area contributed by atoms with Gasteiger partial charge in [-0.3, -0.25) is 15.4 Å². The zero-order chi connectivity index (χ0) is 12.8. The van der Waals surface area contributed by atoms with Gasteiger partial charge in [-0.05, 0) is 18.4 Å². The Labute approximate surface area is 100 Å². The van der Waals surface area contributed by atoms with E-state index in [-0.39, 0.29) is 10.9 Å². The number of halogens is 1. The molecule has 1 aromatic carbocycles. The van der Waals surface area contributed by atoms with Gasteiger partial charge in [0.15, 0.2) is 11.4 Å². The number of benzene rings is 1. The van der Waals surface area contributed by atoms with E-state index in [1.165, 1.54) is 12.1 Å². The van der Waals surface area contributed by atoms with E-state index in [2.05, 4.69) is 10.3 Å². The molecular weight excluding hydrogens is 247 g/mol. The number of nitriles is 1. The van der Waals surface area contributed by atoms with Crippen LogP contribution >= 0.6 is 11.8 Å². The van der Waals surface area contributed by atoms with Crippen molar-refractivity contribution in [1.82, 2.24) is 5.32 Å². The molecule has 0 unspecified atom stereocenters. The SMILES string of the molecule is CSC(=Nc1cccc(F)c1[N+](=O)[O-])NC#N. The van der Waals surface area contributed by atoms with Gasteiger partial charge in [0.2, 0.25) is 5.82 Å². The number of thioether (sulfide) groups is 1. The van der Waals surface area contributed by atoms with Crippen molar-refractivity contribution in [2.75, 3.05) is 6.26 Å². The largest absolute Gasteiger partial charge is 0.330 e. The lowest BCUT2D eigenvalue weighted by atomic mass is 10.2. The zero-order valence-electron chi connectivity index (χ0n) is 8.68. The summed E-state index contributed by atoms with van der Waals surface area (Å²) in [5.41, 5.74) is -0.846. The minimum Gasteiger partial charge on any atom is -0.271 e. The van der Waals surface area contributed by atoms with Crippen molar-refractivity contribution >= 4 is 28.3 Å². The molecule has 1 rings (SSSR count). The first-order valence-electron chi connectivity index (χ1n) is 4.30. The van der Waals surface area contributed by atoms with Crippen molar-refractivity contribution < 1.29 is 9.31 Å². The van der Waals surface area contributed by atoms with E-state index in [9.17, 15) is 14.5 Å². The summed E-state index contributed by atoms with van der Waals surface area (Å²) >= 11 is 1.09. The van der Waals surface area contributed by atoms with Crippen LogP contribution in [0.25, 0.3) is 0 Å². The first-order chi connectivity index (χ1) is 8.10. The summed E-state index contributed by atoms with van der Waals surface area (Å²) in [6, 6.07) is 3.59. The molecule has 17 heavy (non-hydrogen) atoms. The topological polar surface area (TPSA) is 91.3 Å². The molecule has 0 saturated heterocycles. The summed E-state index contributed by atoms with van der Waals surface area (Å²) in [6.07, 6.45) is 3.27. The number of nitro benzene ring substituents is 1. The van der Waals surface area contributed by atoms with E-state index in [1.54, 1.807) is 12.4 Å². The molecule has 0 atom stereocenters. The maximum atomic E-state index is 13.2. The Bertz CT molecular complexity index is 512. The van der Waals surface area contributed by atoms with E-state index in [4.69, 9.17) is 5.26 Å². The minimum absolute atomic E-state index is 0.137. The molecule has 0 spiro atoms. The van der Waals surface area contributed by atoms with Crippen LogP contribution in [0.2, 0.25) is 0 Å². The Balaban J connectivity index is 3.27. The Morgan fingerprint density at radius 3 is 2.94 bits per heavy atom. The summed E-state index contributed by atoms with van der Waals surface area (Å²) < 4.78 is 13.2. The highest BCUT2D eigenvalue weighted by Gasteiger charge is 2.19. The number of hydrogen-bond donors (Lipinski definition) is 1. The van der Waals surface area contributed by atoms with Crippen LogP contribution in [0.1, 0.15) is 0 Å². The number of aliphatic imine (C=N–C) groups is 1. The van der Waals surface area contributed by atoms with Crippen LogP contribution < -0.4 is 5.32 Å². The second kappa shape index (κ2) is 5.81. The average molecular weight is 254 g/mol. The van der Waals surface area contributed by atoms with Crippen molar-refractivity contribution in [3.63, 3.8) is 0 Å². The van der Waals surface area contributed by atoms with Crippen molar-refractivity contribution in [3.05, 3.63) is 34.1 Å². The molecule has 0 aliphatic rings. The molecule has 0 fully saturated rings. The molecule has 0 aromatic heterocycles. The number of rotatable bonds is 2. The number of amidine groups is 1. The minimum atomic E-state index is -0.964. The molecule has 0 heterocycles. The van der Waals surface area contributed by atoms with Crippen molar-refractivity contribution in [3.8, 4) is 6.19 Å². The van der Waals surface area contributed by atoms with Gasteiger partial charge in [-0.2, -0.15) is 9.65 Å². The zero-order valence-corrected chi connectivity index (χ0v) is 9.49. The molecule has 0 amide bonds. The number of nitrogens with one attached hydrogen (secondary N) is 1. The lowest BCUT2D eigenvalue weighted by Gasteiger charge is -2.01. The van der Waals surface area contributed by atoms with Crippen molar-refractivity contribution in [2.24, 2.45) is 4.99 Å². The highest BCUT2D eigenvalue weighted by molar-refractivity contribution is 8.13. The Morgan fingerprint density at radius 2 is 2.41 bits per heavy atom. The third-order valence-corrected chi connectivity index (χ3v) is 2.31. The van der Waals surface area contributed by atoms with Gasteiger partial charge in [-0.25, -0.2) is 4.99 Å². The van der Waals surface area contributed by atoms with Gasteiger partial charge in [0, 0.05) is 0 Å². The molecule has 88 valence electrons. The van der Waals surface area contributed by atoms with Gasteiger partial charge in [0.05, 0.1) is 4.92 Å². The number of nitro groups is 1. The summed E-state index contributed by atoms with van der Waals surface area (Å²) in [7, 11) is 0. The van der Waals surface area contributed by atoms with E-state index in [1.807, 2.05) is 0 Å². The van der Waals surface area contributed by atoms with E-state index < -0.39 is 16.4 Å².